The molecular formula is C18H17BrN2O4S. The van der Waals surface area contributed by atoms with Gasteiger partial charge in [0, 0.05) is 21.1 Å². The number of primary sulfonamides is 1. The van der Waals surface area contributed by atoms with E-state index in [2.05, 4.69) is 21.2 Å². The van der Waals surface area contributed by atoms with Gasteiger partial charge < -0.3 is 9.73 Å². The first-order chi connectivity index (χ1) is 12.2. The van der Waals surface area contributed by atoms with Crippen molar-refractivity contribution in [2.24, 2.45) is 5.14 Å². The van der Waals surface area contributed by atoms with Crippen LogP contribution < -0.4 is 10.5 Å². The molecule has 0 aliphatic heterocycles. The second-order valence-electron chi connectivity index (χ2n) is 5.87. The Morgan fingerprint density at radius 3 is 2.62 bits per heavy atom. The van der Waals surface area contributed by atoms with Gasteiger partial charge in [-0.2, -0.15) is 0 Å². The Morgan fingerprint density at radius 1 is 1.23 bits per heavy atom. The van der Waals surface area contributed by atoms with Crippen LogP contribution in [0.5, 0.6) is 0 Å². The number of benzene rings is 2. The summed E-state index contributed by atoms with van der Waals surface area (Å²) in [4.78, 5) is 12.6. The van der Waals surface area contributed by atoms with Crippen LogP contribution in [0.2, 0.25) is 0 Å². The van der Waals surface area contributed by atoms with E-state index in [9.17, 15) is 13.2 Å². The summed E-state index contributed by atoms with van der Waals surface area (Å²) in [6.45, 7) is 3.63. The number of furan rings is 1. The molecule has 3 aromatic rings. The number of amides is 1. The average Bonchev–Trinajstić information content (AvgIpc) is 2.90. The molecule has 136 valence electrons. The molecule has 3 N–H and O–H groups in total. The van der Waals surface area contributed by atoms with E-state index in [0.29, 0.717) is 28.8 Å². The molecule has 0 bridgehead atoms. The highest BCUT2D eigenvalue weighted by Crippen LogP contribution is 2.29. The maximum Gasteiger partial charge on any atom is 0.291 e. The quantitative estimate of drug-likeness (QED) is 0.645. The molecule has 1 aromatic heterocycles. The predicted octanol–water partition coefficient (Wildman–Crippen LogP) is 3.97. The third-order valence-electron chi connectivity index (χ3n) is 4.12. The molecule has 0 saturated carbocycles. The third kappa shape index (κ3) is 3.53. The van der Waals surface area contributed by atoms with Gasteiger partial charge in [-0.15, -0.1) is 0 Å². The van der Waals surface area contributed by atoms with Gasteiger partial charge in [-0.25, -0.2) is 13.6 Å². The topological polar surface area (TPSA) is 102 Å². The highest BCUT2D eigenvalue weighted by molar-refractivity contribution is 9.10. The number of aryl methyl sites for hydroxylation is 2. The van der Waals surface area contributed by atoms with Gasteiger partial charge in [0.05, 0.1) is 4.90 Å². The molecule has 0 fully saturated rings. The van der Waals surface area contributed by atoms with Gasteiger partial charge in [-0.3, -0.25) is 4.79 Å². The van der Waals surface area contributed by atoms with Crippen molar-refractivity contribution in [1.29, 1.82) is 0 Å². The second-order valence-corrected chi connectivity index (χ2v) is 8.32. The lowest BCUT2D eigenvalue weighted by Crippen LogP contribution is -2.16. The van der Waals surface area contributed by atoms with E-state index in [1.807, 2.05) is 19.1 Å². The Bertz CT molecular complexity index is 1120. The number of halogens is 1. The standard InChI is InChI=1S/C18H17BrN2O4S/c1-3-11-4-6-13(9-16(11)26(20,23)24)21-18(22)17-10(2)14-8-12(19)5-7-15(14)25-17/h4-9H,3H2,1-2H3,(H,21,22)(H2,20,23,24). The first-order valence-corrected chi connectivity index (χ1v) is 10.2. The fourth-order valence-corrected chi connectivity index (χ4v) is 4.02. The Morgan fingerprint density at radius 2 is 1.96 bits per heavy atom. The number of carbonyl (C=O) groups excluding carboxylic acids is 1. The predicted molar refractivity (Wildman–Crippen MR) is 104 cm³/mol. The van der Waals surface area contributed by atoms with Crippen LogP contribution in [0.1, 0.15) is 28.6 Å². The molecule has 0 radical (unpaired) electrons. The molecule has 0 saturated heterocycles. The summed E-state index contributed by atoms with van der Waals surface area (Å²) in [5.41, 5.74) is 2.23. The van der Waals surface area contributed by atoms with Gasteiger partial charge in [0.15, 0.2) is 5.76 Å². The van der Waals surface area contributed by atoms with Crippen molar-refractivity contribution in [1.82, 2.24) is 0 Å². The number of anilines is 1. The van der Waals surface area contributed by atoms with Crippen LogP contribution in [0.25, 0.3) is 11.0 Å². The van der Waals surface area contributed by atoms with Crippen LogP contribution in [-0.2, 0) is 16.4 Å². The Balaban J connectivity index is 1.97. The van der Waals surface area contributed by atoms with Crippen molar-refractivity contribution < 1.29 is 17.6 Å². The van der Waals surface area contributed by atoms with Gasteiger partial charge in [0.25, 0.3) is 5.91 Å². The largest absolute Gasteiger partial charge is 0.451 e. The van der Waals surface area contributed by atoms with Crippen LogP contribution in [-0.4, -0.2) is 14.3 Å². The average molecular weight is 437 g/mol. The Labute approximate surface area is 159 Å². The second kappa shape index (κ2) is 6.86. The van der Waals surface area contributed by atoms with E-state index >= 15 is 0 Å². The lowest BCUT2D eigenvalue weighted by Gasteiger charge is -2.09. The van der Waals surface area contributed by atoms with Gasteiger partial charge in [0.2, 0.25) is 10.0 Å². The van der Waals surface area contributed by atoms with Crippen LogP contribution in [0.3, 0.4) is 0 Å². The van der Waals surface area contributed by atoms with Crippen molar-refractivity contribution in [3.8, 4) is 0 Å². The monoisotopic (exact) mass is 436 g/mol. The molecule has 1 amide bonds. The first-order valence-electron chi connectivity index (χ1n) is 7.86. The highest BCUT2D eigenvalue weighted by Gasteiger charge is 2.19. The molecule has 6 nitrogen and oxygen atoms in total. The summed E-state index contributed by atoms with van der Waals surface area (Å²) in [7, 11) is -3.88. The van der Waals surface area contributed by atoms with Crippen molar-refractivity contribution in [3.63, 3.8) is 0 Å². The van der Waals surface area contributed by atoms with Crippen molar-refractivity contribution in [3.05, 3.63) is 57.8 Å². The van der Waals surface area contributed by atoms with Gasteiger partial charge >= 0.3 is 0 Å². The summed E-state index contributed by atoms with van der Waals surface area (Å²) in [6, 6.07) is 10.1. The minimum atomic E-state index is -3.88. The number of nitrogens with two attached hydrogens (primary N) is 1. The molecule has 3 rings (SSSR count). The lowest BCUT2D eigenvalue weighted by atomic mass is 10.1. The SMILES string of the molecule is CCc1ccc(NC(=O)c2oc3ccc(Br)cc3c2C)cc1S(N)(=O)=O. The zero-order valence-electron chi connectivity index (χ0n) is 14.2. The fourth-order valence-electron chi connectivity index (χ4n) is 2.79. The van der Waals surface area contributed by atoms with Crippen molar-refractivity contribution in [2.45, 2.75) is 25.2 Å². The van der Waals surface area contributed by atoms with Gasteiger partial charge in [0.1, 0.15) is 5.58 Å². The zero-order valence-corrected chi connectivity index (χ0v) is 16.6. The minimum absolute atomic E-state index is 0.00283. The number of fused-ring (bicyclic) bond motifs is 1. The number of rotatable bonds is 4. The van der Waals surface area contributed by atoms with Crippen molar-refractivity contribution in [2.75, 3.05) is 5.32 Å². The maximum absolute atomic E-state index is 12.6. The smallest absolute Gasteiger partial charge is 0.291 e. The molecule has 8 heteroatoms. The third-order valence-corrected chi connectivity index (χ3v) is 5.60. The van der Waals surface area contributed by atoms with E-state index in [4.69, 9.17) is 9.56 Å². The van der Waals surface area contributed by atoms with Gasteiger partial charge in [-0.05, 0) is 49.2 Å². The number of hydrogen-bond donors (Lipinski definition) is 2. The molecule has 1 heterocycles. The molecule has 26 heavy (non-hydrogen) atoms. The summed E-state index contributed by atoms with van der Waals surface area (Å²) in [5, 5.41) is 8.77. The Hall–Kier alpha value is -2.16. The van der Waals surface area contributed by atoms with E-state index in [1.165, 1.54) is 6.07 Å². The van der Waals surface area contributed by atoms with Gasteiger partial charge in [-0.1, -0.05) is 28.9 Å². The number of carbonyl (C=O) groups is 1. The first kappa shape index (κ1) is 18.6. The molecule has 0 unspecified atom stereocenters. The number of hydrogen-bond acceptors (Lipinski definition) is 4. The molecule has 0 atom stereocenters. The number of nitrogens with one attached hydrogen (secondary N) is 1. The van der Waals surface area contributed by atoms with Crippen LogP contribution in [0.4, 0.5) is 5.69 Å². The Kier molecular flexibility index (Phi) is 4.92. The summed E-state index contributed by atoms with van der Waals surface area (Å²) in [5.74, 6) is -0.283. The summed E-state index contributed by atoms with van der Waals surface area (Å²) < 4.78 is 30.1. The van der Waals surface area contributed by atoms with Crippen LogP contribution in [0.15, 0.2) is 50.2 Å². The van der Waals surface area contributed by atoms with Crippen molar-refractivity contribution >= 4 is 48.5 Å². The molecule has 0 aliphatic carbocycles. The lowest BCUT2D eigenvalue weighted by molar-refractivity contribution is 0.0998. The molecule has 0 spiro atoms. The molecule has 0 aliphatic rings. The molecule has 2 aromatic carbocycles. The minimum Gasteiger partial charge on any atom is -0.451 e. The zero-order chi connectivity index (χ0) is 19.1. The number of sulfonamides is 1. The van der Waals surface area contributed by atoms with E-state index in [0.717, 1.165) is 9.86 Å². The van der Waals surface area contributed by atoms with Crippen LogP contribution >= 0.6 is 15.9 Å². The normalized spacial score (nSPS) is 11.7. The fraction of sp³-hybridized carbons (Fsp3) is 0.167. The maximum atomic E-state index is 12.6. The van der Waals surface area contributed by atoms with E-state index in [-0.39, 0.29) is 10.7 Å². The summed E-state index contributed by atoms with van der Waals surface area (Å²) >= 11 is 3.40. The van der Waals surface area contributed by atoms with E-state index < -0.39 is 15.9 Å². The van der Waals surface area contributed by atoms with Crippen LogP contribution in [0, 0.1) is 6.92 Å². The molecular weight excluding hydrogens is 420 g/mol. The summed E-state index contributed by atoms with van der Waals surface area (Å²) in [6.07, 6.45) is 0.511. The van der Waals surface area contributed by atoms with E-state index in [1.54, 1.807) is 25.1 Å². The highest BCUT2D eigenvalue weighted by atomic mass is 79.9.